The summed E-state index contributed by atoms with van der Waals surface area (Å²) in [5, 5.41) is 13.1. The Kier molecular flexibility index (Phi) is 3.90. The van der Waals surface area contributed by atoms with Gasteiger partial charge in [0.05, 0.1) is 6.61 Å². The number of nitrogens with one attached hydrogen (secondary N) is 1. The highest BCUT2D eigenvalue weighted by Gasteiger charge is 2.24. The maximum Gasteiger partial charge on any atom is 0.256 e. The van der Waals surface area contributed by atoms with E-state index in [9.17, 15) is 9.90 Å². The van der Waals surface area contributed by atoms with Crippen LogP contribution in [0.4, 0.5) is 5.69 Å². The third kappa shape index (κ3) is 2.60. The molecule has 1 heterocycles. The maximum atomic E-state index is 12.2. The summed E-state index contributed by atoms with van der Waals surface area (Å²) in [5.41, 5.74) is 2.63. The molecule has 22 heavy (non-hydrogen) atoms. The molecule has 4 nitrogen and oxygen atoms in total. The highest BCUT2D eigenvalue weighted by Crippen LogP contribution is 2.38. The fraction of sp³-hybridized carbons (Fsp3) is 0.118. The van der Waals surface area contributed by atoms with E-state index < -0.39 is 0 Å². The van der Waals surface area contributed by atoms with Gasteiger partial charge in [-0.3, -0.25) is 4.79 Å². The van der Waals surface area contributed by atoms with Crippen LogP contribution in [-0.2, 0) is 4.79 Å². The molecule has 0 aromatic heterocycles. The van der Waals surface area contributed by atoms with Crippen LogP contribution in [0.5, 0.6) is 11.5 Å². The minimum absolute atomic E-state index is 0.0353. The maximum absolute atomic E-state index is 12.2. The molecule has 0 radical (unpaired) electrons. The molecule has 5 heteroatoms. The summed E-state index contributed by atoms with van der Waals surface area (Å²) in [4.78, 5) is 12.2. The summed E-state index contributed by atoms with van der Waals surface area (Å²) in [6.45, 7) is 2.31. The van der Waals surface area contributed by atoms with Gasteiger partial charge in [-0.25, -0.2) is 0 Å². The summed E-state index contributed by atoms with van der Waals surface area (Å²) in [5.74, 6) is 0.257. The molecule has 0 saturated heterocycles. The van der Waals surface area contributed by atoms with Gasteiger partial charge >= 0.3 is 0 Å². The first-order chi connectivity index (χ1) is 10.6. The summed E-state index contributed by atoms with van der Waals surface area (Å²) in [6.07, 6.45) is 1.67. The number of fused-ring (bicyclic) bond motifs is 1. The summed E-state index contributed by atoms with van der Waals surface area (Å²) >= 11 is 3.41. The smallest absolute Gasteiger partial charge is 0.256 e. The van der Waals surface area contributed by atoms with E-state index in [0.717, 1.165) is 15.7 Å². The number of carbonyl (C=O) groups is 1. The molecule has 0 spiro atoms. The lowest BCUT2D eigenvalue weighted by Crippen LogP contribution is -2.03. The van der Waals surface area contributed by atoms with Gasteiger partial charge in [0.2, 0.25) is 0 Å². The molecule has 0 bridgehead atoms. The van der Waals surface area contributed by atoms with Gasteiger partial charge in [-0.2, -0.15) is 0 Å². The third-order valence-electron chi connectivity index (χ3n) is 3.39. The van der Waals surface area contributed by atoms with Crippen LogP contribution in [0.2, 0.25) is 0 Å². The number of phenolic OH excluding ortho intramolecular Hbond substituents is 1. The van der Waals surface area contributed by atoms with Crippen molar-refractivity contribution >= 4 is 39.2 Å². The molecular weight excluding hydrogens is 346 g/mol. The van der Waals surface area contributed by atoms with Crippen molar-refractivity contribution in [1.82, 2.24) is 0 Å². The topological polar surface area (TPSA) is 58.6 Å². The molecule has 0 aliphatic carbocycles. The second-order valence-corrected chi connectivity index (χ2v) is 5.74. The number of phenols is 1. The first-order valence-electron chi connectivity index (χ1n) is 6.88. The summed E-state index contributed by atoms with van der Waals surface area (Å²) in [7, 11) is 0. The van der Waals surface area contributed by atoms with Crippen LogP contribution in [0.1, 0.15) is 18.1 Å². The second-order valence-electron chi connectivity index (χ2n) is 4.83. The predicted molar refractivity (Wildman–Crippen MR) is 89.9 cm³/mol. The zero-order chi connectivity index (χ0) is 15.7. The Morgan fingerprint density at radius 2 is 2.14 bits per heavy atom. The van der Waals surface area contributed by atoms with Crippen molar-refractivity contribution < 1.29 is 14.6 Å². The fourth-order valence-electron chi connectivity index (χ4n) is 2.39. The van der Waals surface area contributed by atoms with Gasteiger partial charge in [-0.15, -0.1) is 0 Å². The number of halogens is 1. The Balaban J connectivity index is 2.09. The molecule has 1 aliphatic rings. The lowest BCUT2D eigenvalue weighted by molar-refractivity contribution is -0.110. The molecule has 0 unspecified atom stereocenters. The number of rotatable bonds is 3. The normalized spacial score (nSPS) is 14.8. The van der Waals surface area contributed by atoms with E-state index in [-0.39, 0.29) is 11.7 Å². The second kappa shape index (κ2) is 5.85. The Bertz CT molecular complexity index is 783. The van der Waals surface area contributed by atoms with Crippen molar-refractivity contribution in [3.8, 4) is 11.5 Å². The average Bonchev–Trinajstić information content (AvgIpc) is 2.79. The largest absolute Gasteiger partial charge is 0.504 e. The Morgan fingerprint density at radius 3 is 2.91 bits per heavy atom. The van der Waals surface area contributed by atoms with Crippen molar-refractivity contribution in [1.29, 1.82) is 0 Å². The number of para-hydroxylation sites is 1. The van der Waals surface area contributed by atoms with E-state index in [4.69, 9.17) is 4.74 Å². The monoisotopic (exact) mass is 359 g/mol. The summed E-state index contributed by atoms with van der Waals surface area (Å²) < 4.78 is 6.26. The van der Waals surface area contributed by atoms with Crippen LogP contribution < -0.4 is 10.1 Å². The number of ether oxygens (including phenoxy) is 1. The molecule has 1 aliphatic heterocycles. The van der Waals surface area contributed by atoms with Crippen LogP contribution >= 0.6 is 15.9 Å². The van der Waals surface area contributed by atoms with Crippen molar-refractivity contribution in [2.45, 2.75) is 6.92 Å². The van der Waals surface area contributed by atoms with E-state index in [2.05, 4.69) is 21.2 Å². The van der Waals surface area contributed by atoms with Crippen molar-refractivity contribution in [2.75, 3.05) is 11.9 Å². The number of hydrogen-bond donors (Lipinski definition) is 2. The van der Waals surface area contributed by atoms with Crippen molar-refractivity contribution in [2.24, 2.45) is 0 Å². The Hall–Kier alpha value is -2.27. The number of amides is 1. The fourth-order valence-corrected chi connectivity index (χ4v) is 2.75. The van der Waals surface area contributed by atoms with E-state index in [1.165, 1.54) is 0 Å². The van der Waals surface area contributed by atoms with Crippen molar-refractivity contribution in [3.63, 3.8) is 0 Å². The van der Waals surface area contributed by atoms with E-state index in [0.29, 0.717) is 23.5 Å². The minimum Gasteiger partial charge on any atom is -0.504 e. The van der Waals surface area contributed by atoms with E-state index in [1.807, 2.05) is 25.1 Å². The van der Waals surface area contributed by atoms with Gasteiger partial charge < -0.3 is 15.2 Å². The van der Waals surface area contributed by atoms with Gasteiger partial charge in [0.1, 0.15) is 0 Å². The van der Waals surface area contributed by atoms with E-state index >= 15 is 0 Å². The molecule has 2 aromatic carbocycles. The zero-order valence-electron chi connectivity index (χ0n) is 11.9. The van der Waals surface area contributed by atoms with E-state index in [1.54, 1.807) is 24.3 Å². The molecule has 2 aromatic rings. The highest BCUT2D eigenvalue weighted by atomic mass is 79.9. The molecule has 1 amide bonds. The van der Waals surface area contributed by atoms with Crippen LogP contribution in [-0.4, -0.2) is 17.6 Å². The molecule has 0 atom stereocenters. The quantitative estimate of drug-likeness (QED) is 0.812. The lowest BCUT2D eigenvalue weighted by Gasteiger charge is -2.08. The predicted octanol–water partition coefficient (Wildman–Crippen LogP) is 4.05. The molecule has 3 rings (SSSR count). The molecule has 0 fully saturated rings. The number of aromatic hydroxyl groups is 1. The lowest BCUT2D eigenvalue weighted by atomic mass is 10.0. The molecular formula is C17H14BrNO3. The third-order valence-corrected chi connectivity index (χ3v) is 3.89. The molecule has 0 saturated carbocycles. The summed E-state index contributed by atoms with van der Waals surface area (Å²) in [6, 6.07) is 10.8. The Labute approximate surface area is 136 Å². The van der Waals surface area contributed by atoms with Gasteiger partial charge in [-0.05, 0) is 37.3 Å². The average molecular weight is 360 g/mol. The highest BCUT2D eigenvalue weighted by molar-refractivity contribution is 9.10. The number of carbonyl (C=O) groups excluding carboxylic acids is 1. The SMILES string of the molecule is CCOc1cccc(/C=C2\C(=O)Nc3ccc(Br)cc32)c1O. The number of anilines is 1. The number of benzene rings is 2. The van der Waals surface area contributed by atoms with Gasteiger partial charge in [0.15, 0.2) is 11.5 Å². The van der Waals surface area contributed by atoms with Crippen molar-refractivity contribution in [3.05, 3.63) is 52.0 Å². The molecule has 112 valence electrons. The number of hydrogen-bond acceptors (Lipinski definition) is 3. The van der Waals surface area contributed by atoms with Crippen LogP contribution in [0, 0.1) is 0 Å². The zero-order valence-corrected chi connectivity index (χ0v) is 13.5. The van der Waals surface area contributed by atoms with Gasteiger partial charge in [0.25, 0.3) is 5.91 Å². The van der Waals surface area contributed by atoms with Crippen LogP contribution in [0.15, 0.2) is 40.9 Å². The van der Waals surface area contributed by atoms with Gasteiger partial charge in [0, 0.05) is 26.9 Å². The first kappa shape index (κ1) is 14.7. The van der Waals surface area contributed by atoms with Crippen LogP contribution in [0.3, 0.4) is 0 Å². The first-order valence-corrected chi connectivity index (χ1v) is 7.67. The van der Waals surface area contributed by atoms with Gasteiger partial charge in [-0.1, -0.05) is 28.1 Å². The molecule has 2 N–H and O–H groups in total. The Morgan fingerprint density at radius 1 is 1.32 bits per heavy atom. The standard InChI is InChI=1S/C17H14BrNO3/c1-2-22-15-5-3-4-10(16(15)20)8-13-12-9-11(18)6-7-14(12)19-17(13)21/h3-9,20H,2H2,1H3,(H,19,21)/b13-8-. The minimum atomic E-state index is -0.186. The van der Waals surface area contributed by atoms with Crippen LogP contribution in [0.25, 0.3) is 11.6 Å².